The largest absolute Gasteiger partial charge is 0.547 e. The van der Waals surface area contributed by atoms with Crippen molar-refractivity contribution in [1.82, 2.24) is 5.32 Å². The number of para-hydroxylation sites is 1. The number of carbonyl (C=O) groups excluding carboxylic acids is 2. The monoisotopic (exact) mass is 370 g/mol. The standard InChI is InChI=1S/C14H19BN2O7S/c1-2-23-14(19)10-5-3-4-9-8-11(15(20)24-13(9)10)17-12(18)6-7-25(16,21)22/h3-5,11,20H,2,6-8H2,1H3,(H,17,18)(H2,16,21,22). The zero-order chi connectivity index (χ0) is 18.6. The molecular weight excluding hydrogens is 351 g/mol. The van der Waals surface area contributed by atoms with Gasteiger partial charge in [0, 0.05) is 6.42 Å². The highest BCUT2D eigenvalue weighted by Gasteiger charge is 2.37. The lowest BCUT2D eigenvalue weighted by Gasteiger charge is -2.29. The Morgan fingerprint density at radius 3 is 2.84 bits per heavy atom. The smallest absolute Gasteiger partial charge is 0.534 e. The van der Waals surface area contributed by atoms with Gasteiger partial charge in [-0.2, -0.15) is 0 Å². The maximum Gasteiger partial charge on any atom is 0.547 e. The van der Waals surface area contributed by atoms with Crippen LogP contribution in [-0.2, 0) is 26.0 Å². The van der Waals surface area contributed by atoms with Crippen LogP contribution < -0.4 is 15.1 Å². The summed E-state index contributed by atoms with van der Waals surface area (Å²) in [7, 11) is -5.14. The molecule has 1 aromatic rings. The van der Waals surface area contributed by atoms with E-state index in [1.165, 1.54) is 6.07 Å². The van der Waals surface area contributed by atoms with Gasteiger partial charge in [-0.15, -0.1) is 0 Å². The van der Waals surface area contributed by atoms with Crippen LogP contribution in [0.4, 0.5) is 0 Å². The van der Waals surface area contributed by atoms with Gasteiger partial charge < -0.3 is 19.7 Å². The molecule has 11 heteroatoms. The van der Waals surface area contributed by atoms with E-state index in [4.69, 9.17) is 14.5 Å². The Morgan fingerprint density at radius 1 is 1.48 bits per heavy atom. The molecule has 4 N–H and O–H groups in total. The molecule has 25 heavy (non-hydrogen) atoms. The summed E-state index contributed by atoms with van der Waals surface area (Å²) in [4.78, 5) is 23.7. The van der Waals surface area contributed by atoms with E-state index in [-0.39, 0.29) is 30.8 Å². The minimum absolute atomic E-state index is 0.192. The highest BCUT2D eigenvalue weighted by molar-refractivity contribution is 7.89. The van der Waals surface area contributed by atoms with Crippen molar-refractivity contribution in [2.75, 3.05) is 12.4 Å². The minimum Gasteiger partial charge on any atom is -0.534 e. The van der Waals surface area contributed by atoms with Crippen LogP contribution in [0.3, 0.4) is 0 Å². The summed E-state index contributed by atoms with van der Waals surface area (Å²) in [5, 5.41) is 17.5. The Labute approximate surface area is 145 Å². The summed E-state index contributed by atoms with van der Waals surface area (Å²) >= 11 is 0. The van der Waals surface area contributed by atoms with E-state index in [0.717, 1.165) is 0 Å². The third kappa shape index (κ3) is 5.18. The quantitative estimate of drug-likeness (QED) is 0.429. The van der Waals surface area contributed by atoms with Crippen LogP contribution in [0.1, 0.15) is 29.3 Å². The molecule has 0 aromatic heterocycles. The molecule has 1 atom stereocenters. The molecule has 1 aromatic carbocycles. The molecule has 0 saturated heterocycles. The number of carbonyl (C=O) groups is 2. The van der Waals surface area contributed by atoms with E-state index < -0.39 is 40.7 Å². The lowest BCUT2D eigenvalue weighted by molar-refractivity contribution is -0.121. The molecule has 1 amide bonds. The number of ether oxygens (including phenoxy) is 1. The summed E-state index contributed by atoms with van der Waals surface area (Å²) in [5.74, 6) is -2.21. The Morgan fingerprint density at radius 2 is 2.20 bits per heavy atom. The number of nitrogens with one attached hydrogen (secondary N) is 1. The molecule has 2 rings (SSSR count). The topological polar surface area (TPSA) is 145 Å². The van der Waals surface area contributed by atoms with E-state index in [9.17, 15) is 23.0 Å². The molecule has 136 valence electrons. The Kier molecular flexibility index (Phi) is 6.04. The minimum atomic E-state index is -3.75. The molecule has 0 aliphatic carbocycles. The third-order valence-corrected chi connectivity index (χ3v) is 4.35. The SMILES string of the molecule is CCOC(=O)c1cccc2c1OB(O)C(NC(=O)CCS(N)(=O)=O)C2. The fourth-order valence-electron chi connectivity index (χ4n) is 2.43. The number of esters is 1. The first-order valence-corrected chi connectivity index (χ1v) is 9.36. The van der Waals surface area contributed by atoms with Crippen LogP contribution in [-0.4, -0.2) is 50.7 Å². The molecule has 0 spiro atoms. The number of primary sulfonamides is 1. The van der Waals surface area contributed by atoms with Gasteiger partial charge in [-0.25, -0.2) is 18.4 Å². The predicted octanol–water partition coefficient (Wildman–Crippen LogP) is -1.02. The number of rotatable bonds is 6. The average Bonchev–Trinajstić information content (AvgIpc) is 2.53. The number of amides is 1. The molecule has 1 heterocycles. The van der Waals surface area contributed by atoms with Gasteiger partial charge >= 0.3 is 13.1 Å². The van der Waals surface area contributed by atoms with E-state index >= 15 is 0 Å². The first-order chi connectivity index (χ1) is 11.7. The summed E-state index contributed by atoms with van der Waals surface area (Å²) in [6.07, 6.45) is -0.108. The maximum atomic E-state index is 11.9. The number of nitrogens with two attached hydrogens (primary N) is 1. The molecule has 0 saturated carbocycles. The lowest BCUT2D eigenvalue weighted by Crippen LogP contribution is -2.53. The Balaban J connectivity index is 2.10. The average molecular weight is 370 g/mol. The van der Waals surface area contributed by atoms with Crippen molar-refractivity contribution < 1.29 is 32.4 Å². The van der Waals surface area contributed by atoms with Crippen LogP contribution in [0, 0.1) is 0 Å². The van der Waals surface area contributed by atoms with Gasteiger partial charge in [0.1, 0.15) is 11.3 Å². The van der Waals surface area contributed by atoms with Gasteiger partial charge in [0.25, 0.3) is 0 Å². The lowest BCUT2D eigenvalue weighted by atomic mass is 9.72. The van der Waals surface area contributed by atoms with Crippen LogP contribution in [0.2, 0.25) is 0 Å². The molecule has 0 bridgehead atoms. The Bertz CT molecular complexity index is 768. The van der Waals surface area contributed by atoms with E-state index in [0.29, 0.717) is 5.56 Å². The molecule has 0 radical (unpaired) electrons. The summed E-state index contributed by atoms with van der Waals surface area (Å²) in [6, 6.07) is 4.87. The van der Waals surface area contributed by atoms with E-state index in [1.54, 1.807) is 19.1 Å². The number of sulfonamides is 1. The van der Waals surface area contributed by atoms with Crippen molar-refractivity contribution in [3.05, 3.63) is 29.3 Å². The van der Waals surface area contributed by atoms with Gasteiger partial charge in [0.15, 0.2) is 0 Å². The third-order valence-electron chi connectivity index (χ3n) is 3.57. The maximum absolute atomic E-state index is 11.9. The van der Waals surface area contributed by atoms with Crippen molar-refractivity contribution in [2.24, 2.45) is 5.14 Å². The second kappa shape index (κ2) is 7.85. The number of hydrogen-bond donors (Lipinski definition) is 3. The number of benzene rings is 1. The van der Waals surface area contributed by atoms with Crippen molar-refractivity contribution in [1.29, 1.82) is 0 Å². The van der Waals surface area contributed by atoms with Crippen molar-refractivity contribution in [2.45, 2.75) is 25.7 Å². The predicted molar refractivity (Wildman–Crippen MR) is 89.2 cm³/mol. The van der Waals surface area contributed by atoms with Crippen molar-refractivity contribution >= 4 is 29.0 Å². The zero-order valence-corrected chi connectivity index (χ0v) is 14.4. The summed E-state index contributed by atoms with van der Waals surface area (Å²) in [5.41, 5.74) is 0.810. The molecule has 1 unspecified atom stereocenters. The first-order valence-electron chi connectivity index (χ1n) is 7.65. The summed E-state index contributed by atoms with van der Waals surface area (Å²) in [6.45, 7) is 1.88. The van der Waals surface area contributed by atoms with E-state index in [2.05, 4.69) is 5.32 Å². The molecule has 9 nitrogen and oxygen atoms in total. The van der Waals surface area contributed by atoms with Crippen LogP contribution in [0.25, 0.3) is 0 Å². The van der Waals surface area contributed by atoms with Gasteiger partial charge in [-0.1, -0.05) is 12.1 Å². The van der Waals surface area contributed by atoms with Crippen LogP contribution >= 0.6 is 0 Å². The number of fused-ring (bicyclic) bond motifs is 1. The second-order valence-corrected chi connectivity index (χ2v) is 7.25. The fourth-order valence-corrected chi connectivity index (χ4v) is 2.90. The molecule has 0 fully saturated rings. The Hall–Kier alpha value is -2.11. The van der Waals surface area contributed by atoms with Gasteiger partial charge in [-0.05, 0) is 25.0 Å². The van der Waals surface area contributed by atoms with Crippen LogP contribution in [0.15, 0.2) is 18.2 Å². The molecular formula is C14H19BN2O7S. The highest BCUT2D eigenvalue weighted by atomic mass is 32.2. The number of hydrogen-bond acceptors (Lipinski definition) is 7. The first kappa shape index (κ1) is 19.2. The van der Waals surface area contributed by atoms with Gasteiger partial charge in [0.2, 0.25) is 15.9 Å². The second-order valence-electron chi connectivity index (χ2n) is 5.52. The van der Waals surface area contributed by atoms with Crippen LogP contribution in [0.5, 0.6) is 5.75 Å². The van der Waals surface area contributed by atoms with Crippen molar-refractivity contribution in [3.63, 3.8) is 0 Å². The zero-order valence-electron chi connectivity index (χ0n) is 13.6. The van der Waals surface area contributed by atoms with E-state index in [1.807, 2.05) is 0 Å². The molecule has 1 aliphatic heterocycles. The van der Waals surface area contributed by atoms with Crippen molar-refractivity contribution in [3.8, 4) is 5.75 Å². The fraction of sp³-hybridized carbons (Fsp3) is 0.429. The normalized spacial score (nSPS) is 16.6. The van der Waals surface area contributed by atoms with Gasteiger partial charge in [-0.3, -0.25) is 4.79 Å². The van der Waals surface area contributed by atoms with Gasteiger partial charge in [0.05, 0.1) is 18.3 Å². The highest BCUT2D eigenvalue weighted by Crippen LogP contribution is 2.30. The molecule has 1 aliphatic rings. The summed E-state index contributed by atoms with van der Waals surface area (Å²) < 4.78 is 32.1.